The molecule has 0 saturated carbocycles. The summed E-state index contributed by atoms with van der Waals surface area (Å²) in [6, 6.07) is 3.80. The second-order valence-corrected chi connectivity index (χ2v) is 5.25. The molecule has 0 bridgehead atoms. The molecule has 0 radical (unpaired) electrons. The van der Waals surface area contributed by atoms with Crippen LogP contribution >= 0.6 is 23.4 Å². The fraction of sp³-hybridized carbons (Fsp3) is 0.417. The van der Waals surface area contributed by atoms with Gasteiger partial charge in [0.05, 0.1) is 0 Å². The monoisotopic (exact) mass is 298 g/mol. The molecule has 0 aromatic carbocycles. The first kappa shape index (κ1) is 14.3. The lowest BCUT2D eigenvalue weighted by atomic mass is 10.3. The van der Waals surface area contributed by atoms with Crippen molar-refractivity contribution in [2.24, 2.45) is 0 Å². The molecule has 5 nitrogen and oxygen atoms in total. The van der Waals surface area contributed by atoms with Gasteiger partial charge in [0.2, 0.25) is 0 Å². The van der Waals surface area contributed by atoms with Gasteiger partial charge in [0.1, 0.15) is 11.8 Å². The molecule has 102 valence electrons. The van der Waals surface area contributed by atoms with Gasteiger partial charge in [-0.05, 0) is 18.1 Å². The summed E-state index contributed by atoms with van der Waals surface area (Å²) in [5.74, 6) is 1.28. The molecule has 2 aromatic rings. The fourth-order valence-corrected chi connectivity index (χ4v) is 2.89. The van der Waals surface area contributed by atoms with Crippen LogP contribution in [0.2, 0.25) is 5.15 Å². The van der Waals surface area contributed by atoms with Crippen molar-refractivity contribution in [2.75, 3.05) is 0 Å². The number of pyridine rings is 1. The number of rotatable bonds is 6. The zero-order valence-corrected chi connectivity index (χ0v) is 12.2. The summed E-state index contributed by atoms with van der Waals surface area (Å²) in [6.45, 7) is 2.78. The van der Waals surface area contributed by atoms with Crippen LogP contribution < -0.4 is 0 Å². The van der Waals surface area contributed by atoms with Gasteiger partial charge in [0.25, 0.3) is 0 Å². The molecular formula is C12H15ClN4OS. The van der Waals surface area contributed by atoms with Crippen LogP contribution in [0.5, 0.6) is 0 Å². The molecule has 0 fully saturated rings. The highest BCUT2D eigenvalue weighted by molar-refractivity contribution is 7.98. The topological polar surface area (TPSA) is 63.8 Å². The van der Waals surface area contributed by atoms with E-state index in [0.717, 1.165) is 23.7 Å². The quantitative estimate of drug-likeness (QED) is 0.656. The molecule has 0 aliphatic heterocycles. The van der Waals surface area contributed by atoms with E-state index in [0.29, 0.717) is 16.7 Å². The molecule has 7 heteroatoms. The lowest BCUT2D eigenvalue weighted by molar-refractivity contribution is 0.263. The number of hydrogen-bond acceptors (Lipinski definition) is 5. The maximum atomic E-state index is 9.22. The van der Waals surface area contributed by atoms with Gasteiger partial charge in [0.15, 0.2) is 11.0 Å². The Labute approximate surface area is 121 Å². The van der Waals surface area contributed by atoms with E-state index in [-0.39, 0.29) is 6.61 Å². The second-order valence-electron chi connectivity index (χ2n) is 3.95. The summed E-state index contributed by atoms with van der Waals surface area (Å²) in [5, 5.41) is 18.6. The van der Waals surface area contributed by atoms with Crippen molar-refractivity contribution < 1.29 is 5.11 Å². The minimum absolute atomic E-state index is 0.0960. The first-order chi connectivity index (χ1) is 9.26. The largest absolute Gasteiger partial charge is 0.388 e. The molecule has 2 aromatic heterocycles. The number of halogens is 1. The van der Waals surface area contributed by atoms with Gasteiger partial charge < -0.3 is 9.67 Å². The number of thioether (sulfide) groups is 1. The molecular weight excluding hydrogens is 284 g/mol. The number of nitrogens with zero attached hydrogens (tertiary/aromatic N) is 4. The summed E-state index contributed by atoms with van der Waals surface area (Å²) < 4.78 is 1.94. The number of aliphatic hydroxyl groups is 1. The third-order valence-corrected chi connectivity index (χ3v) is 3.93. The maximum absolute atomic E-state index is 9.22. The second kappa shape index (κ2) is 6.88. The highest BCUT2D eigenvalue weighted by atomic mass is 35.5. The van der Waals surface area contributed by atoms with Crippen molar-refractivity contribution in [1.29, 1.82) is 0 Å². The molecule has 0 aliphatic carbocycles. The minimum Gasteiger partial charge on any atom is -0.388 e. The molecule has 2 heterocycles. The van der Waals surface area contributed by atoms with E-state index >= 15 is 0 Å². The maximum Gasteiger partial charge on any atom is 0.191 e. The molecule has 0 amide bonds. The number of aromatic nitrogens is 4. The van der Waals surface area contributed by atoms with Gasteiger partial charge in [-0.2, -0.15) is 0 Å². The Hall–Kier alpha value is -1.11. The molecule has 0 saturated heterocycles. The average Bonchev–Trinajstić information content (AvgIpc) is 2.81. The first-order valence-electron chi connectivity index (χ1n) is 6.01. The predicted octanol–water partition coefficient (Wildman–Crippen LogP) is 2.52. The van der Waals surface area contributed by atoms with E-state index in [2.05, 4.69) is 22.1 Å². The Morgan fingerprint density at radius 2 is 2.26 bits per heavy atom. The van der Waals surface area contributed by atoms with Crippen molar-refractivity contribution in [3.8, 4) is 0 Å². The van der Waals surface area contributed by atoms with Crippen molar-refractivity contribution in [2.45, 2.75) is 37.4 Å². The van der Waals surface area contributed by atoms with Crippen molar-refractivity contribution in [3.05, 3.63) is 34.9 Å². The normalized spacial score (nSPS) is 10.9. The Bertz CT molecular complexity index is 546. The minimum atomic E-state index is -0.0960. The molecule has 0 atom stereocenters. The Morgan fingerprint density at radius 3 is 2.95 bits per heavy atom. The van der Waals surface area contributed by atoms with Crippen LogP contribution in [0.3, 0.4) is 0 Å². The summed E-state index contributed by atoms with van der Waals surface area (Å²) in [5.41, 5.74) is 0.964. The zero-order valence-electron chi connectivity index (χ0n) is 10.6. The Morgan fingerprint density at radius 1 is 1.42 bits per heavy atom. The predicted molar refractivity (Wildman–Crippen MR) is 75.0 cm³/mol. The smallest absolute Gasteiger partial charge is 0.191 e. The first-order valence-corrected chi connectivity index (χ1v) is 7.37. The lowest BCUT2D eigenvalue weighted by Crippen LogP contribution is -2.04. The molecule has 0 unspecified atom stereocenters. The van der Waals surface area contributed by atoms with Crippen LogP contribution in [0.25, 0.3) is 0 Å². The van der Waals surface area contributed by atoms with Crippen LogP contribution in [0.1, 0.15) is 24.7 Å². The average molecular weight is 299 g/mol. The van der Waals surface area contributed by atoms with Gasteiger partial charge in [-0.3, -0.25) is 0 Å². The molecule has 19 heavy (non-hydrogen) atoms. The van der Waals surface area contributed by atoms with Crippen LogP contribution in [-0.2, 0) is 18.9 Å². The van der Waals surface area contributed by atoms with Gasteiger partial charge in [0, 0.05) is 18.5 Å². The zero-order chi connectivity index (χ0) is 13.7. The van der Waals surface area contributed by atoms with Crippen LogP contribution in [-0.4, -0.2) is 24.9 Å². The highest BCUT2D eigenvalue weighted by Crippen LogP contribution is 2.25. The van der Waals surface area contributed by atoms with E-state index in [9.17, 15) is 5.11 Å². The van der Waals surface area contributed by atoms with Gasteiger partial charge in [-0.15, -0.1) is 10.2 Å². The number of hydrogen-bond donors (Lipinski definition) is 1. The Kier molecular flexibility index (Phi) is 5.18. The van der Waals surface area contributed by atoms with E-state index in [1.807, 2.05) is 16.7 Å². The van der Waals surface area contributed by atoms with E-state index in [1.54, 1.807) is 18.0 Å². The molecule has 1 N–H and O–H groups in total. The van der Waals surface area contributed by atoms with Crippen molar-refractivity contribution in [3.63, 3.8) is 0 Å². The lowest BCUT2D eigenvalue weighted by Gasteiger charge is -2.07. The molecule has 0 aliphatic rings. The standard InChI is InChI=1S/C12H15ClN4OS/c1-2-6-17-10(7-18)15-16-12(17)19-8-9-4-3-5-14-11(9)13/h3-5,18H,2,6-8H2,1H3. The summed E-state index contributed by atoms with van der Waals surface area (Å²) in [4.78, 5) is 4.04. The molecule has 2 rings (SSSR count). The van der Waals surface area contributed by atoms with E-state index < -0.39 is 0 Å². The third kappa shape index (κ3) is 3.46. The van der Waals surface area contributed by atoms with Crippen molar-refractivity contribution in [1.82, 2.24) is 19.7 Å². The van der Waals surface area contributed by atoms with Crippen molar-refractivity contribution >= 4 is 23.4 Å². The summed E-state index contributed by atoms with van der Waals surface area (Å²) >= 11 is 7.56. The third-order valence-electron chi connectivity index (χ3n) is 2.58. The SMILES string of the molecule is CCCn1c(CO)nnc1SCc1cccnc1Cl. The van der Waals surface area contributed by atoms with Crippen LogP contribution in [0.15, 0.2) is 23.5 Å². The summed E-state index contributed by atoms with van der Waals surface area (Å²) in [7, 11) is 0. The van der Waals surface area contributed by atoms with Gasteiger partial charge in [-0.25, -0.2) is 4.98 Å². The molecule has 0 spiro atoms. The van der Waals surface area contributed by atoms with Gasteiger partial charge >= 0.3 is 0 Å². The number of aliphatic hydroxyl groups excluding tert-OH is 1. The van der Waals surface area contributed by atoms with Crippen LogP contribution in [0.4, 0.5) is 0 Å². The van der Waals surface area contributed by atoms with Gasteiger partial charge in [-0.1, -0.05) is 36.4 Å². The highest BCUT2D eigenvalue weighted by Gasteiger charge is 2.12. The van der Waals surface area contributed by atoms with E-state index in [1.165, 1.54) is 0 Å². The van der Waals surface area contributed by atoms with Crippen LogP contribution in [0, 0.1) is 0 Å². The fourth-order valence-electron chi connectivity index (χ4n) is 1.66. The Balaban J connectivity index is 2.11. The summed E-state index contributed by atoms with van der Waals surface area (Å²) in [6.07, 6.45) is 2.63. The van der Waals surface area contributed by atoms with E-state index in [4.69, 9.17) is 11.6 Å².